The molecular formula is C16H18ClNO2. The molecule has 0 aliphatic heterocycles. The Kier molecular flexibility index (Phi) is 5.27. The largest absolute Gasteiger partial charge is 0.491 e. The monoisotopic (exact) mass is 291 g/mol. The Morgan fingerprint density at radius 3 is 2.40 bits per heavy atom. The van der Waals surface area contributed by atoms with E-state index in [1.165, 1.54) is 0 Å². The van der Waals surface area contributed by atoms with E-state index in [1.807, 2.05) is 42.3 Å². The fourth-order valence-electron chi connectivity index (χ4n) is 1.88. The first-order chi connectivity index (χ1) is 9.65. The Bertz CT molecular complexity index is 516. The third-order valence-corrected chi connectivity index (χ3v) is 3.19. The molecule has 3 nitrogen and oxygen atoms in total. The van der Waals surface area contributed by atoms with Crippen molar-refractivity contribution in [1.29, 1.82) is 0 Å². The first kappa shape index (κ1) is 14.7. The van der Waals surface area contributed by atoms with E-state index in [0.717, 1.165) is 5.69 Å². The molecule has 106 valence electrons. The van der Waals surface area contributed by atoms with E-state index in [1.54, 1.807) is 24.3 Å². The number of hydrogen-bond donors (Lipinski definition) is 1. The molecule has 20 heavy (non-hydrogen) atoms. The molecule has 0 bridgehead atoms. The molecular weight excluding hydrogens is 274 g/mol. The molecule has 0 saturated heterocycles. The second-order valence-electron chi connectivity index (χ2n) is 4.63. The van der Waals surface area contributed by atoms with E-state index < -0.39 is 6.10 Å². The summed E-state index contributed by atoms with van der Waals surface area (Å²) in [6.07, 6.45) is -0.559. The molecule has 0 aliphatic rings. The number of aliphatic hydroxyl groups is 1. The number of hydrogen-bond acceptors (Lipinski definition) is 3. The van der Waals surface area contributed by atoms with Crippen molar-refractivity contribution in [3.63, 3.8) is 0 Å². The van der Waals surface area contributed by atoms with E-state index >= 15 is 0 Å². The molecule has 0 amide bonds. The summed E-state index contributed by atoms with van der Waals surface area (Å²) in [6, 6.07) is 17.0. The van der Waals surface area contributed by atoms with Gasteiger partial charge in [-0.2, -0.15) is 0 Å². The Labute approximate surface area is 124 Å². The van der Waals surface area contributed by atoms with Crippen LogP contribution in [0, 0.1) is 0 Å². The molecule has 1 unspecified atom stereocenters. The van der Waals surface area contributed by atoms with E-state index in [0.29, 0.717) is 17.3 Å². The van der Waals surface area contributed by atoms with Crippen LogP contribution in [0.1, 0.15) is 0 Å². The standard InChI is InChI=1S/C16H18ClNO2/c1-18(14-5-3-2-4-6-14)11-15(19)12-20-16-9-7-13(17)8-10-16/h2-10,15,19H,11-12H2,1H3. The minimum absolute atomic E-state index is 0.249. The average Bonchev–Trinajstić information content (AvgIpc) is 2.47. The molecule has 0 aromatic heterocycles. The summed E-state index contributed by atoms with van der Waals surface area (Å²) >= 11 is 5.80. The lowest BCUT2D eigenvalue weighted by Crippen LogP contribution is -2.33. The molecule has 0 saturated carbocycles. The summed E-state index contributed by atoms with van der Waals surface area (Å²) in [5, 5.41) is 10.7. The van der Waals surface area contributed by atoms with Crippen LogP contribution in [0.15, 0.2) is 54.6 Å². The number of nitrogens with zero attached hydrogens (tertiary/aromatic N) is 1. The fourth-order valence-corrected chi connectivity index (χ4v) is 2.01. The van der Waals surface area contributed by atoms with Crippen molar-refractivity contribution >= 4 is 17.3 Å². The molecule has 2 aromatic rings. The quantitative estimate of drug-likeness (QED) is 0.887. The SMILES string of the molecule is CN(CC(O)COc1ccc(Cl)cc1)c1ccccc1. The first-order valence-corrected chi connectivity index (χ1v) is 6.85. The number of anilines is 1. The van der Waals surface area contributed by atoms with E-state index in [9.17, 15) is 5.11 Å². The van der Waals surface area contributed by atoms with E-state index in [-0.39, 0.29) is 6.61 Å². The van der Waals surface area contributed by atoms with Gasteiger partial charge in [-0.25, -0.2) is 0 Å². The van der Waals surface area contributed by atoms with Gasteiger partial charge >= 0.3 is 0 Å². The number of benzene rings is 2. The number of halogens is 1. The van der Waals surface area contributed by atoms with Crippen LogP contribution in [0.5, 0.6) is 5.75 Å². The molecule has 2 rings (SSSR count). The van der Waals surface area contributed by atoms with Gasteiger partial charge in [0.2, 0.25) is 0 Å². The van der Waals surface area contributed by atoms with Crippen molar-refractivity contribution in [2.24, 2.45) is 0 Å². The smallest absolute Gasteiger partial charge is 0.119 e. The van der Waals surface area contributed by atoms with Crippen LogP contribution >= 0.6 is 11.6 Å². The van der Waals surface area contributed by atoms with Gasteiger partial charge in [-0.1, -0.05) is 29.8 Å². The summed E-state index contributed by atoms with van der Waals surface area (Å²) < 4.78 is 5.52. The van der Waals surface area contributed by atoms with Gasteiger partial charge < -0.3 is 14.7 Å². The van der Waals surface area contributed by atoms with Gasteiger partial charge in [0.25, 0.3) is 0 Å². The molecule has 0 radical (unpaired) electrons. The third kappa shape index (κ3) is 4.44. The third-order valence-electron chi connectivity index (χ3n) is 2.94. The minimum Gasteiger partial charge on any atom is -0.491 e. The average molecular weight is 292 g/mol. The maximum absolute atomic E-state index is 10.0. The van der Waals surface area contributed by atoms with Crippen molar-refractivity contribution in [2.45, 2.75) is 6.10 Å². The van der Waals surface area contributed by atoms with Crippen LogP contribution in [0.25, 0.3) is 0 Å². The first-order valence-electron chi connectivity index (χ1n) is 6.48. The summed E-state index contributed by atoms with van der Waals surface area (Å²) in [5.74, 6) is 0.704. The van der Waals surface area contributed by atoms with Gasteiger partial charge in [0, 0.05) is 24.3 Å². The second kappa shape index (κ2) is 7.17. The van der Waals surface area contributed by atoms with Gasteiger partial charge in [0.1, 0.15) is 18.5 Å². The van der Waals surface area contributed by atoms with Gasteiger partial charge in [-0.15, -0.1) is 0 Å². The maximum Gasteiger partial charge on any atom is 0.119 e. The van der Waals surface area contributed by atoms with Crippen LogP contribution in [-0.4, -0.2) is 31.4 Å². The van der Waals surface area contributed by atoms with Gasteiger partial charge in [-0.3, -0.25) is 0 Å². The zero-order valence-corrected chi connectivity index (χ0v) is 12.1. The van der Waals surface area contributed by atoms with Crippen LogP contribution in [-0.2, 0) is 0 Å². The summed E-state index contributed by atoms with van der Waals surface area (Å²) in [5.41, 5.74) is 1.07. The summed E-state index contributed by atoms with van der Waals surface area (Å²) in [7, 11) is 1.95. The van der Waals surface area contributed by atoms with Crippen molar-refractivity contribution in [1.82, 2.24) is 0 Å². The number of para-hydroxylation sites is 1. The number of aliphatic hydroxyl groups excluding tert-OH is 1. The molecule has 4 heteroatoms. The molecule has 2 aromatic carbocycles. The summed E-state index contributed by atoms with van der Waals surface area (Å²) in [4.78, 5) is 2.00. The molecule has 0 spiro atoms. The van der Waals surface area contributed by atoms with Gasteiger partial charge in [-0.05, 0) is 36.4 Å². The fraction of sp³-hybridized carbons (Fsp3) is 0.250. The van der Waals surface area contributed by atoms with Crippen molar-refractivity contribution in [3.05, 3.63) is 59.6 Å². The van der Waals surface area contributed by atoms with Gasteiger partial charge in [0.05, 0.1) is 0 Å². The Hall–Kier alpha value is -1.71. The highest BCUT2D eigenvalue weighted by molar-refractivity contribution is 6.30. The number of rotatable bonds is 6. The number of likely N-dealkylation sites (N-methyl/N-ethyl adjacent to an activating group) is 1. The zero-order chi connectivity index (χ0) is 14.4. The molecule has 0 fully saturated rings. The van der Waals surface area contributed by atoms with Crippen LogP contribution < -0.4 is 9.64 Å². The topological polar surface area (TPSA) is 32.7 Å². The van der Waals surface area contributed by atoms with Crippen LogP contribution in [0.4, 0.5) is 5.69 Å². The maximum atomic E-state index is 10.0. The summed E-state index contributed by atoms with van der Waals surface area (Å²) in [6.45, 7) is 0.760. The molecule has 1 N–H and O–H groups in total. The zero-order valence-electron chi connectivity index (χ0n) is 11.4. The Morgan fingerprint density at radius 1 is 1.10 bits per heavy atom. The highest BCUT2D eigenvalue weighted by Gasteiger charge is 2.09. The van der Waals surface area contributed by atoms with Crippen molar-refractivity contribution < 1.29 is 9.84 Å². The Morgan fingerprint density at radius 2 is 1.75 bits per heavy atom. The highest BCUT2D eigenvalue weighted by atomic mass is 35.5. The van der Waals surface area contributed by atoms with E-state index in [4.69, 9.17) is 16.3 Å². The van der Waals surface area contributed by atoms with Crippen LogP contribution in [0.3, 0.4) is 0 Å². The van der Waals surface area contributed by atoms with E-state index in [2.05, 4.69) is 0 Å². The second-order valence-corrected chi connectivity index (χ2v) is 5.07. The normalized spacial score (nSPS) is 11.9. The lowest BCUT2D eigenvalue weighted by atomic mass is 10.2. The Balaban J connectivity index is 1.80. The van der Waals surface area contributed by atoms with Crippen LogP contribution in [0.2, 0.25) is 5.02 Å². The molecule has 0 aliphatic carbocycles. The number of ether oxygens (including phenoxy) is 1. The predicted octanol–water partition coefficient (Wildman–Crippen LogP) is 3.22. The predicted molar refractivity (Wildman–Crippen MR) is 82.7 cm³/mol. The lowest BCUT2D eigenvalue weighted by molar-refractivity contribution is 0.113. The van der Waals surface area contributed by atoms with Crippen molar-refractivity contribution in [2.75, 3.05) is 25.1 Å². The highest BCUT2D eigenvalue weighted by Crippen LogP contribution is 2.16. The lowest BCUT2D eigenvalue weighted by Gasteiger charge is -2.22. The molecule has 1 atom stereocenters. The van der Waals surface area contributed by atoms with Gasteiger partial charge in [0.15, 0.2) is 0 Å². The minimum atomic E-state index is -0.559. The van der Waals surface area contributed by atoms with Crippen molar-refractivity contribution in [3.8, 4) is 5.75 Å². The molecule has 0 heterocycles.